The number of halogens is 2. The van der Waals surface area contributed by atoms with Crippen LogP contribution in [-0.4, -0.2) is 24.3 Å². The first-order valence-electron chi connectivity index (χ1n) is 4.26. The molecule has 14 heavy (non-hydrogen) atoms. The highest BCUT2D eigenvalue weighted by Crippen LogP contribution is 2.18. The molecule has 2 rings (SSSR count). The molecule has 0 unspecified atom stereocenters. The van der Waals surface area contributed by atoms with E-state index in [9.17, 15) is 0 Å². The van der Waals surface area contributed by atoms with Gasteiger partial charge in [-0.15, -0.1) is 0 Å². The first-order chi connectivity index (χ1) is 6.75. The lowest BCUT2D eigenvalue weighted by atomic mass is 10.3. The van der Waals surface area contributed by atoms with Crippen molar-refractivity contribution in [2.45, 2.75) is 12.7 Å². The van der Waals surface area contributed by atoms with Crippen molar-refractivity contribution in [2.75, 3.05) is 13.2 Å². The molecule has 0 amide bonds. The number of pyridine rings is 1. The molecule has 2 heterocycles. The number of aromatic nitrogens is 1. The average Bonchev–Trinajstić information content (AvgIpc) is 2.08. The van der Waals surface area contributed by atoms with E-state index in [-0.39, 0.29) is 6.10 Å². The smallest absolute Gasteiger partial charge is 0.129 e. The molecule has 1 fully saturated rings. The molecule has 76 valence electrons. The minimum atomic E-state index is 0.173. The predicted octanol–water partition coefficient (Wildman–Crippen LogP) is 2.30. The van der Waals surface area contributed by atoms with Gasteiger partial charge in [-0.05, 0) is 12.1 Å². The van der Waals surface area contributed by atoms with E-state index in [0.29, 0.717) is 35.7 Å². The molecule has 1 saturated heterocycles. The second-order valence-electron chi connectivity index (χ2n) is 3.03. The van der Waals surface area contributed by atoms with Crippen LogP contribution in [0.4, 0.5) is 0 Å². The Bertz CT molecular complexity index is 329. The third-order valence-electron chi connectivity index (χ3n) is 1.95. The maximum Gasteiger partial charge on any atom is 0.129 e. The highest BCUT2D eigenvalue weighted by molar-refractivity contribution is 6.32. The summed E-state index contributed by atoms with van der Waals surface area (Å²) in [4.78, 5) is 4.07. The van der Waals surface area contributed by atoms with Crippen molar-refractivity contribution >= 4 is 23.2 Å². The Balaban J connectivity index is 1.96. The maximum atomic E-state index is 5.91. The first kappa shape index (κ1) is 10.2. The second kappa shape index (κ2) is 4.45. The zero-order valence-electron chi connectivity index (χ0n) is 7.37. The molecule has 0 saturated carbocycles. The fourth-order valence-corrected chi connectivity index (χ4v) is 1.39. The highest BCUT2D eigenvalue weighted by Gasteiger charge is 2.19. The third-order valence-corrected chi connectivity index (χ3v) is 2.50. The number of ether oxygens (including phenoxy) is 2. The van der Waals surface area contributed by atoms with Gasteiger partial charge in [-0.2, -0.15) is 0 Å². The van der Waals surface area contributed by atoms with Crippen LogP contribution in [0.15, 0.2) is 12.1 Å². The van der Waals surface area contributed by atoms with Crippen LogP contribution in [0.25, 0.3) is 0 Å². The van der Waals surface area contributed by atoms with Gasteiger partial charge in [-0.25, -0.2) is 4.98 Å². The Morgan fingerprint density at radius 3 is 2.86 bits per heavy atom. The summed E-state index contributed by atoms with van der Waals surface area (Å²) in [7, 11) is 0. The van der Waals surface area contributed by atoms with Gasteiger partial charge in [0.2, 0.25) is 0 Å². The van der Waals surface area contributed by atoms with Gasteiger partial charge in [0.1, 0.15) is 11.3 Å². The van der Waals surface area contributed by atoms with Gasteiger partial charge in [0, 0.05) is 0 Å². The summed E-state index contributed by atoms with van der Waals surface area (Å²) >= 11 is 11.6. The SMILES string of the molecule is Clc1ccc(Cl)c(COC2COC2)n1. The van der Waals surface area contributed by atoms with Crippen LogP contribution in [0, 0.1) is 0 Å². The van der Waals surface area contributed by atoms with Gasteiger partial charge < -0.3 is 9.47 Å². The Hall–Kier alpha value is -0.350. The lowest BCUT2D eigenvalue weighted by Gasteiger charge is -2.25. The van der Waals surface area contributed by atoms with Crippen molar-refractivity contribution in [1.82, 2.24) is 4.98 Å². The van der Waals surface area contributed by atoms with Gasteiger partial charge in [-0.3, -0.25) is 0 Å². The van der Waals surface area contributed by atoms with E-state index in [4.69, 9.17) is 32.7 Å². The molecule has 1 aromatic rings. The molecule has 0 spiro atoms. The molecule has 5 heteroatoms. The Labute approximate surface area is 91.9 Å². The van der Waals surface area contributed by atoms with Crippen molar-refractivity contribution in [2.24, 2.45) is 0 Å². The van der Waals surface area contributed by atoms with Crippen LogP contribution >= 0.6 is 23.2 Å². The summed E-state index contributed by atoms with van der Waals surface area (Å²) < 4.78 is 10.4. The average molecular weight is 234 g/mol. The zero-order valence-corrected chi connectivity index (χ0v) is 8.88. The van der Waals surface area contributed by atoms with Gasteiger partial charge in [0.05, 0.1) is 30.5 Å². The standard InChI is InChI=1S/C9H9Cl2NO2/c10-7-1-2-9(11)12-8(7)5-14-6-3-13-4-6/h1-2,6H,3-5H2. The van der Waals surface area contributed by atoms with Crippen molar-refractivity contribution in [3.05, 3.63) is 28.0 Å². The number of hydrogen-bond donors (Lipinski definition) is 0. The lowest BCUT2D eigenvalue weighted by Crippen LogP contribution is -2.35. The summed E-state index contributed by atoms with van der Waals surface area (Å²) in [6, 6.07) is 3.37. The molecule has 0 bridgehead atoms. The van der Waals surface area contributed by atoms with Gasteiger partial charge in [0.25, 0.3) is 0 Å². The molecule has 0 aromatic carbocycles. The molecular formula is C9H9Cl2NO2. The normalized spacial score (nSPS) is 16.7. The van der Waals surface area contributed by atoms with Crippen molar-refractivity contribution in [3.63, 3.8) is 0 Å². The van der Waals surface area contributed by atoms with Crippen LogP contribution < -0.4 is 0 Å². The van der Waals surface area contributed by atoms with Crippen molar-refractivity contribution in [1.29, 1.82) is 0 Å². The molecule has 0 aliphatic carbocycles. The summed E-state index contributed by atoms with van der Waals surface area (Å²) in [6.45, 7) is 1.68. The minimum Gasteiger partial charge on any atom is -0.376 e. The van der Waals surface area contributed by atoms with Crippen LogP contribution in [-0.2, 0) is 16.1 Å². The summed E-state index contributed by atoms with van der Waals surface area (Å²) in [6.07, 6.45) is 0.173. The van der Waals surface area contributed by atoms with E-state index in [1.807, 2.05) is 0 Å². The van der Waals surface area contributed by atoms with E-state index < -0.39 is 0 Å². The summed E-state index contributed by atoms with van der Waals surface area (Å²) in [5.74, 6) is 0. The molecule has 1 aromatic heterocycles. The third kappa shape index (κ3) is 2.36. The van der Waals surface area contributed by atoms with Gasteiger partial charge in [0.15, 0.2) is 0 Å². The fraction of sp³-hybridized carbons (Fsp3) is 0.444. The monoisotopic (exact) mass is 233 g/mol. The molecule has 1 aliphatic rings. The van der Waals surface area contributed by atoms with E-state index in [1.165, 1.54) is 0 Å². The fourth-order valence-electron chi connectivity index (χ4n) is 1.07. The number of nitrogens with zero attached hydrogens (tertiary/aromatic N) is 1. The maximum absolute atomic E-state index is 5.91. The quantitative estimate of drug-likeness (QED) is 0.752. The van der Waals surface area contributed by atoms with Crippen LogP contribution in [0.3, 0.4) is 0 Å². The number of rotatable bonds is 3. The van der Waals surface area contributed by atoms with E-state index in [2.05, 4.69) is 4.98 Å². The Morgan fingerprint density at radius 1 is 1.43 bits per heavy atom. The van der Waals surface area contributed by atoms with E-state index in [1.54, 1.807) is 12.1 Å². The first-order valence-corrected chi connectivity index (χ1v) is 5.01. The van der Waals surface area contributed by atoms with Gasteiger partial charge >= 0.3 is 0 Å². The largest absolute Gasteiger partial charge is 0.376 e. The molecule has 0 N–H and O–H groups in total. The van der Waals surface area contributed by atoms with Crippen LogP contribution in [0.5, 0.6) is 0 Å². The molecule has 3 nitrogen and oxygen atoms in total. The lowest BCUT2D eigenvalue weighted by molar-refractivity contribution is -0.135. The molecular weight excluding hydrogens is 225 g/mol. The zero-order chi connectivity index (χ0) is 9.97. The molecule has 0 atom stereocenters. The second-order valence-corrected chi connectivity index (χ2v) is 3.83. The summed E-state index contributed by atoms with van der Waals surface area (Å²) in [5, 5.41) is 1.01. The van der Waals surface area contributed by atoms with Crippen LogP contribution in [0.2, 0.25) is 10.2 Å². The van der Waals surface area contributed by atoms with Crippen molar-refractivity contribution in [3.8, 4) is 0 Å². The summed E-state index contributed by atoms with van der Waals surface area (Å²) in [5.41, 5.74) is 0.672. The minimum absolute atomic E-state index is 0.173. The van der Waals surface area contributed by atoms with E-state index >= 15 is 0 Å². The number of hydrogen-bond acceptors (Lipinski definition) is 3. The van der Waals surface area contributed by atoms with Gasteiger partial charge in [-0.1, -0.05) is 23.2 Å². The molecule has 0 radical (unpaired) electrons. The predicted molar refractivity (Wildman–Crippen MR) is 53.7 cm³/mol. The van der Waals surface area contributed by atoms with E-state index in [0.717, 1.165) is 0 Å². The Morgan fingerprint density at radius 2 is 2.21 bits per heavy atom. The highest BCUT2D eigenvalue weighted by atomic mass is 35.5. The van der Waals surface area contributed by atoms with Crippen LogP contribution in [0.1, 0.15) is 5.69 Å². The molecule has 1 aliphatic heterocycles. The van der Waals surface area contributed by atoms with Crippen molar-refractivity contribution < 1.29 is 9.47 Å². The Kier molecular flexibility index (Phi) is 3.23. The topological polar surface area (TPSA) is 31.4 Å².